The Hall–Kier alpha value is -0.890. The molecule has 1 nitrogen and oxygen atoms in total. The molecule has 19 heavy (non-hydrogen) atoms. The van der Waals surface area contributed by atoms with Crippen molar-refractivity contribution < 1.29 is 9.18 Å². The van der Waals surface area contributed by atoms with E-state index in [-0.39, 0.29) is 5.56 Å². The maximum absolute atomic E-state index is 13.7. The van der Waals surface area contributed by atoms with Crippen molar-refractivity contribution in [1.82, 2.24) is 0 Å². The molecular formula is C16H20ClFO. The Morgan fingerprint density at radius 1 is 1.32 bits per heavy atom. The average molecular weight is 283 g/mol. The Kier molecular flexibility index (Phi) is 4.98. The highest BCUT2D eigenvalue weighted by Gasteiger charge is 2.22. The van der Waals surface area contributed by atoms with Crippen molar-refractivity contribution in [1.29, 1.82) is 0 Å². The number of carbonyl (C=O) groups is 1. The Labute approximate surface area is 119 Å². The van der Waals surface area contributed by atoms with Crippen molar-refractivity contribution in [3.8, 4) is 0 Å². The third-order valence-corrected chi connectivity index (χ3v) is 4.42. The summed E-state index contributed by atoms with van der Waals surface area (Å²) < 4.78 is 13.7. The first-order chi connectivity index (χ1) is 9.11. The highest BCUT2D eigenvalue weighted by molar-refractivity contribution is 6.67. The highest BCUT2D eigenvalue weighted by Crippen LogP contribution is 2.37. The summed E-state index contributed by atoms with van der Waals surface area (Å²) in [6.07, 6.45) is 7.26. The molecule has 0 radical (unpaired) electrons. The number of halogens is 2. The van der Waals surface area contributed by atoms with E-state index in [9.17, 15) is 9.18 Å². The van der Waals surface area contributed by atoms with Crippen molar-refractivity contribution in [2.45, 2.75) is 51.4 Å². The fourth-order valence-electron chi connectivity index (χ4n) is 3.14. The lowest BCUT2D eigenvalue weighted by atomic mass is 9.77. The van der Waals surface area contributed by atoms with Gasteiger partial charge in [0.25, 0.3) is 5.24 Å². The van der Waals surface area contributed by atoms with Crippen LogP contribution in [0.5, 0.6) is 0 Å². The predicted molar refractivity (Wildman–Crippen MR) is 76.2 cm³/mol. The van der Waals surface area contributed by atoms with Crippen LogP contribution in [0.25, 0.3) is 0 Å². The molecule has 0 amide bonds. The molecule has 2 rings (SSSR count). The molecule has 1 aliphatic rings. The van der Waals surface area contributed by atoms with Gasteiger partial charge in [-0.05, 0) is 66.8 Å². The molecule has 1 fully saturated rings. The SMILES string of the molecule is CCC[C@H]1CC[C@H](c2ccc(C(=O)Cl)c(F)c2)CC1. The first-order valence-electron chi connectivity index (χ1n) is 7.11. The molecule has 0 atom stereocenters. The molecule has 1 aliphatic carbocycles. The van der Waals surface area contributed by atoms with Gasteiger partial charge < -0.3 is 0 Å². The fourth-order valence-corrected chi connectivity index (χ4v) is 3.29. The van der Waals surface area contributed by atoms with Crippen LogP contribution in [0, 0.1) is 11.7 Å². The van der Waals surface area contributed by atoms with Gasteiger partial charge in [-0.1, -0.05) is 25.8 Å². The van der Waals surface area contributed by atoms with E-state index in [0.717, 1.165) is 24.3 Å². The first kappa shape index (κ1) is 14.5. The Balaban J connectivity index is 2.04. The number of rotatable bonds is 4. The van der Waals surface area contributed by atoms with E-state index in [4.69, 9.17) is 11.6 Å². The number of carbonyl (C=O) groups excluding carboxylic acids is 1. The maximum Gasteiger partial charge on any atom is 0.255 e. The van der Waals surface area contributed by atoms with Crippen LogP contribution in [0.15, 0.2) is 18.2 Å². The van der Waals surface area contributed by atoms with Gasteiger partial charge in [0.2, 0.25) is 0 Å². The summed E-state index contributed by atoms with van der Waals surface area (Å²) in [6, 6.07) is 4.85. The molecule has 0 N–H and O–H groups in total. The lowest BCUT2D eigenvalue weighted by molar-refractivity contribution is 0.107. The topological polar surface area (TPSA) is 17.1 Å². The van der Waals surface area contributed by atoms with Crippen molar-refractivity contribution in [3.63, 3.8) is 0 Å². The second-order valence-corrected chi connectivity index (χ2v) is 5.86. The zero-order valence-corrected chi connectivity index (χ0v) is 12.0. The number of hydrogen-bond acceptors (Lipinski definition) is 1. The van der Waals surface area contributed by atoms with E-state index in [1.807, 2.05) is 6.07 Å². The molecule has 104 valence electrons. The fraction of sp³-hybridized carbons (Fsp3) is 0.562. The van der Waals surface area contributed by atoms with Crippen molar-refractivity contribution in [3.05, 3.63) is 35.1 Å². The summed E-state index contributed by atoms with van der Waals surface area (Å²) in [5, 5.41) is -0.726. The van der Waals surface area contributed by atoms with E-state index < -0.39 is 11.1 Å². The molecule has 0 unspecified atom stereocenters. The summed E-state index contributed by atoms with van der Waals surface area (Å²) in [5.74, 6) is 0.782. The molecule has 0 heterocycles. The summed E-state index contributed by atoms with van der Waals surface area (Å²) >= 11 is 5.32. The Morgan fingerprint density at radius 2 is 2.00 bits per heavy atom. The van der Waals surface area contributed by atoms with Crippen LogP contribution in [0.4, 0.5) is 4.39 Å². The van der Waals surface area contributed by atoms with E-state index in [0.29, 0.717) is 5.92 Å². The summed E-state index contributed by atoms with van der Waals surface area (Å²) in [5.41, 5.74) is 0.985. The van der Waals surface area contributed by atoms with Crippen molar-refractivity contribution in [2.24, 2.45) is 5.92 Å². The predicted octanol–water partition coefficient (Wildman–Crippen LogP) is 5.28. The van der Waals surface area contributed by atoms with E-state index >= 15 is 0 Å². The first-order valence-corrected chi connectivity index (χ1v) is 7.49. The molecule has 1 saturated carbocycles. The lowest BCUT2D eigenvalue weighted by Crippen LogP contribution is -2.13. The molecule has 0 bridgehead atoms. The van der Waals surface area contributed by atoms with Crippen LogP contribution in [-0.4, -0.2) is 5.24 Å². The smallest absolute Gasteiger partial charge is 0.255 e. The van der Waals surface area contributed by atoms with E-state index in [1.165, 1.54) is 37.8 Å². The minimum Gasteiger partial charge on any atom is -0.275 e. The summed E-state index contributed by atoms with van der Waals surface area (Å²) in [4.78, 5) is 11.0. The third-order valence-electron chi connectivity index (χ3n) is 4.22. The Bertz CT molecular complexity index is 450. The van der Waals surface area contributed by atoms with Crippen LogP contribution in [-0.2, 0) is 0 Å². The Morgan fingerprint density at radius 3 is 2.53 bits per heavy atom. The van der Waals surface area contributed by atoms with E-state index in [1.54, 1.807) is 0 Å². The van der Waals surface area contributed by atoms with Crippen molar-refractivity contribution >= 4 is 16.8 Å². The van der Waals surface area contributed by atoms with Gasteiger partial charge in [0, 0.05) is 0 Å². The molecule has 1 aromatic carbocycles. The van der Waals surface area contributed by atoms with Crippen LogP contribution < -0.4 is 0 Å². The molecule has 0 spiro atoms. The quantitative estimate of drug-likeness (QED) is 0.687. The molecule has 0 aromatic heterocycles. The maximum atomic E-state index is 13.7. The minimum atomic E-state index is -0.726. The van der Waals surface area contributed by atoms with Gasteiger partial charge >= 0.3 is 0 Å². The van der Waals surface area contributed by atoms with Gasteiger partial charge in [-0.2, -0.15) is 0 Å². The van der Waals surface area contributed by atoms with Gasteiger partial charge in [0.1, 0.15) is 5.82 Å². The van der Waals surface area contributed by atoms with Gasteiger partial charge in [-0.15, -0.1) is 0 Å². The summed E-state index contributed by atoms with van der Waals surface area (Å²) in [7, 11) is 0. The van der Waals surface area contributed by atoms with Crippen molar-refractivity contribution in [2.75, 3.05) is 0 Å². The number of hydrogen-bond donors (Lipinski definition) is 0. The average Bonchev–Trinajstić information content (AvgIpc) is 2.39. The van der Waals surface area contributed by atoms with Crippen LogP contribution in [0.1, 0.15) is 67.3 Å². The molecule has 0 saturated heterocycles. The molecule has 1 aromatic rings. The van der Waals surface area contributed by atoms with Gasteiger partial charge in [-0.3, -0.25) is 4.79 Å². The third kappa shape index (κ3) is 3.56. The van der Waals surface area contributed by atoms with Crippen LogP contribution in [0.3, 0.4) is 0 Å². The van der Waals surface area contributed by atoms with Gasteiger partial charge in [0.05, 0.1) is 5.56 Å². The largest absolute Gasteiger partial charge is 0.275 e. The number of benzene rings is 1. The van der Waals surface area contributed by atoms with E-state index in [2.05, 4.69) is 6.92 Å². The lowest BCUT2D eigenvalue weighted by Gasteiger charge is -2.28. The van der Waals surface area contributed by atoms with Crippen LogP contribution >= 0.6 is 11.6 Å². The summed E-state index contributed by atoms with van der Waals surface area (Å²) in [6.45, 7) is 2.23. The normalized spacial score (nSPS) is 23.3. The standard InChI is InChI=1S/C16H20ClFO/c1-2-3-11-4-6-12(7-5-11)13-8-9-14(16(17)19)15(18)10-13/h8-12H,2-7H2,1H3/t11-,12-. The van der Waals surface area contributed by atoms with Gasteiger partial charge in [-0.25, -0.2) is 4.39 Å². The zero-order chi connectivity index (χ0) is 13.8. The molecule has 3 heteroatoms. The highest BCUT2D eigenvalue weighted by atomic mass is 35.5. The van der Waals surface area contributed by atoms with Crippen LogP contribution in [0.2, 0.25) is 0 Å². The second kappa shape index (κ2) is 6.51. The monoisotopic (exact) mass is 282 g/mol. The van der Waals surface area contributed by atoms with Gasteiger partial charge in [0.15, 0.2) is 0 Å². The molecular weight excluding hydrogens is 263 g/mol. The minimum absolute atomic E-state index is 0.0231. The molecule has 0 aliphatic heterocycles. The zero-order valence-electron chi connectivity index (χ0n) is 11.3. The second-order valence-electron chi connectivity index (χ2n) is 5.52.